The van der Waals surface area contributed by atoms with Gasteiger partial charge in [-0.1, -0.05) is 29.3 Å². The van der Waals surface area contributed by atoms with Crippen LogP contribution in [0.5, 0.6) is 0 Å². The van der Waals surface area contributed by atoms with Crippen LogP contribution in [0.3, 0.4) is 0 Å². The molecule has 0 aliphatic heterocycles. The summed E-state index contributed by atoms with van der Waals surface area (Å²) in [5, 5.41) is 4.16. The first-order valence-electron chi connectivity index (χ1n) is 5.99. The van der Waals surface area contributed by atoms with E-state index in [2.05, 4.69) is 5.32 Å². The van der Waals surface area contributed by atoms with Crippen LogP contribution in [-0.4, -0.2) is 11.7 Å². The molecule has 104 valence electrons. The highest BCUT2D eigenvalue weighted by Gasteiger charge is 2.06. The van der Waals surface area contributed by atoms with E-state index in [9.17, 15) is 4.79 Å². The number of carbonyl (C=O) groups excluding carboxylic acids is 1. The number of amides is 1. The molecule has 2 aromatic rings. The van der Waals surface area contributed by atoms with Gasteiger partial charge in [0.05, 0.1) is 5.75 Å². The normalized spacial score (nSPS) is 10.3. The van der Waals surface area contributed by atoms with Crippen LogP contribution in [0.25, 0.3) is 0 Å². The lowest BCUT2D eigenvalue weighted by Gasteiger charge is -2.08. The van der Waals surface area contributed by atoms with E-state index in [1.165, 1.54) is 11.8 Å². The van der Waals surface area contributed by atoms with Gasteiger partial charge in [-0.3, -0.25) is 4.79 Å². The first kappa shape index (κ1) is 15.2. The molecule has 2 aromatic carbocycles. The molecule has 0 aliphatic rings. The zero-order valence-corrected chi connectivity index (χ0v) is 13.1. The predicted octanol–water partition coefficient (Wildman–Crippen LogP) is 5.03. The van der Waals surface area contributed by atoms with Gasteiger partial charge in [-0.15, -0.1) is 11.8 Å². The van der Waals surface area contributed by atoms with Gasteiger partial charge in [-0.2, -0.15) is 0 Å². The number of benzene rings is 2. The number of thioether (sulfide) groups is 1. The second-order valence-corrected chi connectivity index (χ2v) is 6.17. The van der Waals surface area contributed by atoms with Gasteiger partial charge in [0.2, 0.25) is 5.91 Å². The third-order valence-corrected chi connectivity index (χ3v) is 4.16. The smallest absolute Gasteiger partial charge is 0.234 e. The minimum atomic E-state index is -0.0599. The zero-order valence-electron chi connectivity index (χ0n) is 10.8. The van der Waals surface area contributed by atoms with Crippen LogP contribution in [0, 0.1) is 6.92 Å². The standard InChI is InChI=1S/C15H13Cl2NOS/c1-10-2-3-12(17)8-14(10)18-15(19)9-20-13-6-4-11(16)5-7-13/h2-8H,9H2,1H3,(H,18,19). The molecule has 0 heterocycles. The summed E-state index contributed by atoms with van der Waals surface area (Å²) in [5.41, 5.74) is 1.73. The van der Waals surface area contributed by atoms with Gasteiger partial charge in [0.1, 0.15) is 0 Å². The summed E-state index contributed by atoms with van der Waals surface area (Å²) < 4.78 is 0. The lowest BCUT2D eigenvalue weighted by Crippen LogP contribution is -2.14. The average molecular weight is 326 g/mol. The number of carbonyl (C=O) groups is 1. The van der Waals surface area contributed by atoms with E-state index in [0.717, 1.165) is 16.1 Å². The number of nitrogens with one attached hydrogen (secondary N) is 1. The summed E-state index contributed by atoms with van der Waals surface area (Å²) in [6.45, 7) is 1.93. The Balaban J connectivity index is 1.92. The van der Waals surface area contributed by atoms with Gasteiger partial charge < -0.3 is 5.32 Å². The van der Waals surface area contributed by atoms with E-state index in [-0.39, 0.29) is 5.91 Å². The Labute approximate surface area is 132 Å². The second kappa shape index (κ2) is 7.02. The van der Waals surface area contributed by atoms with Crippen LogP contribution >= 0.6 is 35.0 Å². The second-order valence-electron chi connectivity index (χ2n) is 4.25. The van der Waals surface area contributed by atoms with Crippen LogP contribution in [0.4, 0.5) is 5.69 Å². The number of rotatable bonds is 4. The monoisotopic (exact) mass is 325 g/mol. The first-order chi connectivity index (χ1) is 9.54. The van der Waals surface area contributed by atoms with Gasteiger partial charge in [0, 0.05) is 20.6 Å². The number of aryl methyl sites for hydroxylation is 1. The van der Waals surface area contributed by atoms with Crippen LogP contribution in [0.15, 0.2) is 47.4 Å². The maximum absolute atomic E-state index is 11.9. The summed E-state index contributed by atoms with van der Waals surface area (Å²) >= 11 is 13.2. The molecule has 2 rings (SSSR count). The quantitative estimate of drug-likeness (QED) is 0.798. The molecule has 5 heteroatoms. The minimum Gasteiger partial charge on any atom is -0.325 e. The molecule has 20 heavy (non-hydrogen) atoms. The molecule has 1 amide bonds. The topological polar surface area (TPSA) is 29.1 Å². The zero-order chi connectivity index (χ0) is 14.5. The molecule has 2 nitrogen and oxygen atoms in total. The van der Waals surface area contributed by atoms with E-state index in [0.29, 0.717) is 15.8 Å². The summed E-state index contributed by atoms with van der Waals surface area (Å²) in [5.74, 6) is 0.281. The summed E-state index contributed by atoms with van der Waals surface area (Å²) in [6, 6.07) is 12.8. The van der Waals surface area contributed by atoms with Gasteiger partial charge in [-0.25, -0.2) is 0 Å². The van der Waals surface area contributed by atoms with Gasteiger partial charge in [-0.05, 0) is 48.9 Å². The molecule has 0 spiro atoms. The fraction of sp³-hybridized carbons (Fsp3) is 0.133. The van der Waals surface area contributed by atoms with Crippen molar-refractivity contribution in [2.24, 2.45) is 0 Å². The van der Waals surface area contributed by atoms with Crippen molar-refractivity contribution in [2.45, 2.75) is 11.8 Å². The Morgan fingerprint density at radius 1 is 1.10 bits per heavy atom. The van der Waals surface area contributed by atoms with Crippen molar-refractivity contribution in [1.82, 2.24) is 0 Å². The van der Waals surface area contributed by atoms with Crippen molar-refractivity contribution >= 4 is 46.6 Å². The third kappa shape index (κ3) is 4.44. The Kier molecular flexibility index (Phi) is 5.35. The number of hydrogen-bond acceptors (Lipinski definition) is 2. The van der Waals surface area contributed by atoms with Crippen LogP contribution in [-0.2, 0) is 4.79 Å². The maximum atomic E-state index is 11.9. The fourth-order valence-electron chi connectivity index (χ4n) is 1.59. The Morgan fingerprint density at radius 2 is 1.75 bits per heavy atom. The molecule has 0 bridgehead atoms. The Bertz CT molecular complexity index is 614. The number of hydrogen-bond donors (Lipinski definition) is 1. The van der Waals surface area contributed by atoms with Crippen molar-refractivity contribution in [1.29, 1.82) is 0 Å². The predicted molar refractivity (Wildman–Crippen MR) is 87.0 cm³/mol. The maximum Gasteiger partial charge on any atom is 0.234 e. The summed E-state index contributed by atoms with van der Waals surface area (Å²) in [6.07, 6.45) is 0. The van der Waals surface area contributed by atoms with Crippen molar-refractivity contribution in [3.05, 3.63) is 58.1 Å². The van der Waals surface area contributed by atoms with Crippen LogP contribution < -0.4 is 5.32 Å². The van der Waals surface area contributed by atoms with E-state index >= 15 is 0 Å². The minimum absolute atomic E-state index is 0.0599. The molecule has 0 aliphatic carbocycles. The van der Waals surface area contributed by atoms with Crippen LogP contribution in [0.1, 0.15) is 5.56 Å². The summed E-state index contributed by atoms with van der Waals surface area (Å²) in [4.78, 5) is 12.9. The van der Waals surface area contributed by atoms with Gasteiger partial charge in [0.15, 0.2) is 0 Å². The SMILES string of the molecule is Cc1ccc(Cl)cc1NC(=O)CSc1ccc(Cl)cc1. The van der Waals surface area contributed by atoms with E-state index in [1.807, 2.05) is 37.3 Å². The Morgan fingerprint density at radius 3 is 2.45 bits per heavy atom. The highest BCUT2D eigenvalue weighted by molar-refractivity contribution is 8.00. The molecule has 0 fully saturated rings. The van der Waals surface area contributed by atoms with Crippen molar-refractivity contribution in [2.75, 3.05) is 11.1 Å². The van der Waals surface area contributed by atoms with Crippen molar-refractivity contribution in [3.63, 3.8) is 0 Å². The number of anilines is 1. The van der Waals surface area contributed by atoms with E-state index in [1.54, 1.807) is 12.1 Å². The highest BCUT2D eigenvalue weighted by atomic mass is 35.5. The fourth-order valence-corrected chi connectivity index (χ4v) is 2.59. The summed E-state index contributed by atoms with van der Waals surface area (Å²) in [7, 11) is 0. The average Bonchev–Trinajstić information content (AvgIpc) is 2.42. The van der Waals surface area contributed by atoms with Crippen LogP contribution in [0.2, 0.25) is 10.0 Å². The van der Waals surface area contributed by atoms with Gasteiger partial charge in [0.25, 0.3) is 0 Å². The molecule has 0 atom stereocenters. The lowest BCUT2D eigenvalue weighted by atomic mass is 10.2. The first-order valence-corrected chi connectivity index (χ1v) is 7.73. The van der Waals surface area contributed by atoms with Crippen molar-refractivity contribution in [3.8, 4) is 0 Å². The molecular formula is C15H13Cl2NOS. The van der Waals surface area contributed by atoms with E-state index < -0.39 is 0 Å². The molecule has 0 saturated heterocycles. The lowest BCUT2D eigenvalue weighted by molar-refractivity contribution is -0.113. The number of halogens is 2. The van der Waals surface area contributed by atoms with E-state index in [4.69, 9.17) is 23.2 Å². The third-order valence-electron chi connectivity index (χ3n) is 2.66. The molecule has 0 radical (unpaired) electrons. The molecule has 1 N–H and O–H groups in total. The largest absolute Gasteiger partial charge is 0.325 e. The van der Waals surface area contributed by atoms with Crippen molar-refractivity contribution < 1.29 is 4.79 Å². The highest BCUT2D eigenvalue weighted by Crippen LogP contribution is 2.22. The molecule has 0 unspecified atom stereocenters. The van der Waals surface area contributed by atoms with Gasteiger partial charge >= 0.3 is 0 Å². The molecule has 0 saturated carbocycles. The molecule has 0 aromatic heterocycles. The Hall–Kier alpha value is -1.16. The molecular weight excluding hydrogens is 313 g/mol.